The summed E-state index contributed by atoms with van der Waals surface area (Å²) in [7, 11) is 0. The van der Waals surface area contributed by atoms with Crippen molar-refractivity contribution in [1.82, 2.24) is 0 Å². The minimum Gasteiger partial charge on any atom is -0.492 e. The predicted octanol–water partition coefficient (Wildman–Crippen LogP) is 1.67. The van der Waals surface area contributed by atoms with Crippen LogP contribution >= 0.6 is 0 Å². The second-order valence-electron chi connectivity index (χ2n) is 3.67. The number of amidine groups is 1. The van der Waals surface area contributed by atoms with Crippen molar-refractivity contribution in [2.75, 3.05) is 6.61 Å². The van der Waals surface area contributed by atoms with Crippen LogP contribution in [0.3, 0.4) is 0 Å². The zero-order valence-electron chi connectivity index (χ0n) is 9.37. The third-order valence-electron chi connectivity index (χ3n) is 2.27. The monoisotopic (exact) mass is 262 g/mol. The van der Waals surface area contributed by atoms with Crippen LogP contribution in [0.5, 0.6) is 5.75 Å². The zero-order valence-corrected chi connectivity index (χ0v) is 9.37. The van der Waals surface area contributed by atoms with E-state index in [2.05, 4.69) is 0 Å². The fourth-order valence-corrected chi connectivity index (χ4v) is 1.27. The van der Waals surface area contributed by atoms with Crippen LogP contribution < -0.4 is 10.5 Å². The van der Waals surface area contributed by atoms with Crippen molar-refractivity contribution >= 4 is 5.84 Å². The van der Waals surface area contributed by atoms with Crippen LogP contribution in [0.25, 0.3) is 0 Å². The highest BCUT2D eigenvalue weighted by atomic mass is 19.4. The molecule has 0 radical (unpaired) electrons. The van der Waals surface area contributed by atoms with Gasteiger partial charge in [-0.2, -0.15) is 13.2 Å². The molecule has 0 saturated heterocycles. The second-order valence-corrected chi connectivity index (χ2v) is 3.67. The standard InChI is InChI=1S/C11H13F3N2O2/c12-11(13,14)9(10(15)16)6-18-8-3-1-2-7(4-8)5-17/h1-4,9,17H,5-6H2,(H3,15,16). The van der Waals surface area contributed by atoms with Gasteiger partial charge in [-0.15, -0.1) is 0 Å². The Hall–Kier alpha value is -1.76. The molecule has 1 rings (SSSR count). The molecule has 1 aromatic carbocycles. The Morgan fingerprint density at radius 3 is 2.61 bits per heavy atom. The van der Waals surface area contributed by atoms with E-state index in [1.54, 1.807) is 12.1 Å². The number of halogens is 3. The van der Waals surface area contributed by atoms with Gasteiger partial charge in [-0.1, -0.05) is 12.1 Å². The molecule has 0 aliphatic rings. The minimum atomic E-state index is -4.61. The summed E-state index contributed by atoms with van der Waals surface area (Å²) in [5.41, 5.74) is 5.41. The molecule has 0 amide bonds. The van der Waals surface area contributed by atoms with E-state index in [1.165, 1.54) is 12.1 Å². The SMILES string of the molecule is N=C(N)C(COc1cccc(CO)c1)C(F)(F)F. The normalized spacial score (nSPS) is 13.1. The van der Waals surface area contributed by atoms with Crippen molar-refractivity contribution in [3.05, 3.63) is 29.8 Å². The van der Waals surface area contributed by atoms with E-state index in [1.807, 2.05) is 0 Å². The molecule has 7 heteroatoms. The number of rotatable bonds is 5. The van der Waals surface area contributed by atoms with Gasteiger partial charge in [-0.3, -0.25) is 5.41 Å². The highest BCUT2D eigenvalue weighted by Crippen LogP contribution is 2.27. The van der Waals surface area contributed by atoms with Gasteiger partial charge in [0.05, 0.1) is 6.61 Å². The van der Waals surface area contributed by atoms with Gasteiger partial charge in [0, 0.05) is 0 Å². The summed E-state index contributed by atoms with van der Waals surface area (Å²) >= 11 is 0. The van der Waals surface area contributed by atoms with Crippen LogP contribution in [0, 0.1) is 11.3 Å². The molecule has 0 fully saturated rings. The number of hydrogen-bond acceptors (Lipinski definition) is 3. The van der Waals surface area contributed by atoms with Crippen molar-refractivity contribution in [1.29, 1.82) is 5.41 Å². The molecule has 4 N–H and O–H groups in total. The second kappa shape index (κ2) is 5.72. The quantitative estimate of drug-likeness (QED) is 0.558. The van der Waals surface area contributed by atoms with E-state index in [0.717, 1.165) is 0 Å². The Balaban J connectivity index is 2.70. The van der Waals surface area contributed by atoms with Crippen LogP contribution in [-0.2, 0) is 6.61 Å². The number of nitrogens with two attached hydrogens (primary N) is 1. The molecular formula is C11H13F3N2O2. The van der Waals surface area contributed by atoms with Gasteiger partial charge in [0.1, 0.15) is 24.1 Å². The Kier molecular flexibility index (Phi) is 4.55. The molecule has 100 valence electrons. The smallest absolute Gasteiger partial charge is 0.401 e. The van der Waals surface area contributed by atoms with E-state index >= 15 is 0 Å². The lowest BCUT2D eigenvalue weighted by atomic mass is 10.1. The molecule has 1 atom stereocenters. The minimum absolute atomic E-state index is 0.192. The number of aliphatic hydroxyl groups excluding tert-OH is 1. The molecule has 0 aromatic heterocycles. The lowest BCUT2D eigenvalue weighted by molar-refractivity contribution is -0.162. The molecule has 0 aliphatic carbocycles. The van der Waals surface area contributed by atoms with Gasteiger partial charge in [0.2, 0.25) is 0 Å². The lowest BCUT2D eigenvalue weighted by Gasteiger charge is -2.19. The Bertz CT molecular complexity index is 421. The summed E-state index contributed by atoms with van der Waals surface area (Å²) in [6.07, 6.45) is -4.61. The third-order valence-corrected chi connectivity index (χ3v) is 2.27. The number of benzene rings is 1. The maximum absolute atomic E-state index is 12.5. The van der Waals surface area contributed by atoms with E-state index in [0.29, 0.717) is 5.56 Å². The van der Waals surface area contributed by atoms with Crippen molar-refractivity contribution < 1.29 is 23.0 Å². The van der Waals surface area contributed by atoms with Gasteiger partial charge in [-0.05, 0) is 17.7 Å². The number of alkyl halides is 3. The fraction of sp³-hybridized carbons (Fsp3) is 0.364. The summed E-state index contributed by atoms with van der Waals surface area (Å²) in [4.78, 5) is 0. The molecule has 1 unspecified atom stereocenters. The van der Waals surface area contributed by atoms with E-state index in [4.69, 9.17) is 21.0 Å². The van der Waals surface area contributed by atoms with Crippen molar-refractivity contribution in [3.8, 4) is 5.75 Å². The summed E-state index contributed by atoms with van der Waals surface area (Å²) in [6.45, 7) is -0.986. The van der Waals surface area contributed by atoms with Crippen LogP contribution in [0.4, 0.5) is 13.2 Å². The average molecular weight is 262 g/mol. The summed E-state index contributed by atoms with van der Waals surface area (Å²) in [6, 6.07) is 6.05. The van der Waals surface area contributed by atoms with Gasteiger partial charge < -0.3 is 15.6 Å². The molecule has 18 heavy (non-hydrogen) atoms. The molecule has 4 nitrogen and oxygen atoms in total. The number of aliphatic hydroxyl groups is 1. The van der Waals surface area contributed by atoms with Crippen molar-refractivity contribution in [2.45, 2.75) is 12.8 Å². The largest absolute Gasteiger partial charge is 0.492 e. The van der Waals surface area contributed by atoms with E-state index in [-0.39, 0.29) is 12.4 Å². The highest BCUT2D eigenvalue weighted by Gasteiger charge is 2.42. The number of ether oxygens (including phenoxy) is 1. The van der Waals surface area contributed by atoms with E-state index in [9.17, 15) is 13.2 Å². The third kappa shape index (κ3) is 3.92. The van der Waals surface area contributed by atoms with Crippen molar-refractivity contribution in [2.24, 2.45) is 11.7 Å². The first kappa shape index (κ1) is 14.3. The Morgan fingerprint density at radius 1 is 1.44 bits per heavy atom. The maximum Gasteiger partial charge on any atom is 0.401 e. The van der Waals surface area contributed by atoms with Gasteiger partial charge in [0.25, 0.3) is 0 Å². The van der Waals surface area contributed by atoms with Crippen molar-refractivity contribution in [3.63, 3.8) is 0 Å². The number of hydrogen-bond donors (Lipinski definition) is 3. The first-order valence-electron chi connectivity index (χ1n) is 5.08. The summed E-state index contributed by atoms with van der Waals surface area (Å²) in [5, 5.41) is 15.8. The predicted molar refractivity (Wildman–Crippen MR) is 59.3 cm³/mol. The zero-order chi connectivity index (χ0) is 13.8. The van der Waals surface area contributed by atoms with Crippen LogP contribution in [0.15, 0.2) is 24.3 Å². The first-order valence-corrected chi connectivity index (χ1v) is 5.08. The molecule has 0 aliphatic heterocycles. The first-order chi connectivity index (χ1) is 8.34. The summed E-state index contributed by atoms with van der Waals surface area (Å²) < 4.78 is 42.4. The molecule has 0 spiro atoms. The maximum atomic E-state index is 12.5. The van der Waals surface area contributed by atoms with Crippen LogP contribution in [0.1, 0.15) is 5.56 Å². The molecule has 0 bridgehead atoms. The van der Waals surface area contributed by atoms with Crippen LogP contribution in [-0.4, -0.2) is 23.7 Å². The van der Waals surface area contributed by atoms with Crippen LogP contribution in [0.2, 0.25) is 0 Å². The lowest BCUT2D eigenvalue weighted by Crippen LogP contribution is -2.39. The van der Waals surface area contributed by atoms with E-state index < -0.39 is 24.5 Å². The van der Waals surface area contributed by atoms with Gasteiger partial charge >= 0.3 is 6.18 Å². The molecule has 1 aromatic rings. The molecule has 0 heterocycles. The van der Waals surface area contributed by atoms with Gasteiger partial charge in [-0.25, -0.2) is 0 Å². The number of nitrogens with one attached hydrogen (secondary N) is 1. The van der Waals surface area contributed by atoms with Gasteiger partial charge in [0.15, 0.2) is 0 Å². The fourth-order valence-electron chi connectivity index (χ4n) is 1.27. The topological polar surface area (TPSA) is 79.3 Å². The summed E-state index contributed by atoms with van der Waals surface area (Å²) in [5.74, 6) is -2.92. The average Bonchev–Trinajstić information content (AvgIpc) is 2.27. The Labute approximate surface area is 102 Å². The molecular weight excluding hydrogens is 249 g/mol. The molecule has 0 saturated carbocycles. The highest BCUT2D eigenvalue weighted by molar-refractivity contribution is 5.80. The Morgan fingerprint density at radius 2 is 2.11 bits per heavy atom.